The summed E-state index contributed by atoms with van der Waals surface area (Å²) in [7, 11) is 0. The second kappa shape index (κ2) is 10.1. The molecule has 1 saturated heterocycles. The van der Waals surface area contributed by atoms with Gasteiger partial charge in [0.15, 0.2) is 5.69 Å². The minimum Gasteiger partial charge on any atom is -0.364 e. The van der Waals surface area contributed by atoms with Gasteiger partial charge in [0, 0.05) is 36.3 Å². The lowest BCUT2D eigenvalue weighted by molar-refractivity contribution is -0.139. The lowest BCUT2D eigenvalue weighted by Crippen LogP contribution is -2.46. The fraction of sp³-hybridized carbons (Fsp3) is 0.240. The van der Waals surface area contributed by atoms with Gasteiger partial charge in [-0.1, -0.05) is 6.07 Å². The Bertz CT molecular complexity index is 1460. The summed E-state index contributed by atoms with van der Waals surface area (Å²) in [4.78, 5) is 43.3. The van der Waals surface area contributed by atoms with Gasteiger partial charge in [0.1, 0.15) is 18.8 Å². The number of fused-ring (bicyclic) bond motifs is 1. The van der Waals surface area contributed by atoms with Crippen LogP contribution >= 0.6 is 0 Å². The molecule has 1 aliphatic rings. The van der Waals surface area contributed by atoms with E-state index in [1.54, 1.807) is 61.2 Å². The highest BCUT2D eigenvalue weighted by Gasteiger charge is 2.40. The van der Waals surface area contributed by atoms with Crippen molar-refractivity contribution in [3.63, 3.8) is 0 Å². The standard InChI is InChI=1S/C25H23FN8O3/c26-18-10-21(25(37)29-11-15-3-6-28-7-4-15)33(13-18)22(35)14-34-20-2-1-16(17-5-8-30-31-12-17)9-19(20)23(32-34)24(27)36/h1-9,12,18,21H,10-11,13-14H2,(H2,27,36)(H,29,37). The Morgan fingerprint density at radius 3 is 2.59 bits per heavy atom. The van der Waals surface area contributed by atoms with Crippen molar-refractivity contribution in [2.24, 2.45) is 5.73 Å². The number of aromatic nitrogens is 5. The summed E-state index contributed by atoms with van der Waals surface area (Å²) in [6.45, 7) is -0.258. The second-order valence-corrected chi connectivity index (χ2v) is 8.70. The molecule has 4 heterocycles. The summed E-state index contributed by atoms with van der Waals surface area (Å²) in [6, 6.07) is 9.59. The molecule has 0 spiro atoms. The molecule has 5 rings (SSSR count). The van der Waals surface area contributed by atoms with Gasteiger partial charge in [-0.15, -0.1) is 0 Å². The zero-order valence-electron chi connectivity index (χ0n) is 19.6. The topological polar surface area (TPSA) is 149 Å². The van der Waals surface area contributed by atoms with Crippen molar-refractivity contribution in [2.75, 3.05) is 6.54 Å². The minimum atomic E-state index is -1.33. The van der Waals surface area contributed by atoms with Crippen LogP contribution in [0.25, 0.3) is 22.0 Å². The number of amides is 3. The third-order valence-corrected chi connectivity index (χ3v) is 6.28. The Labute approximate surface area is 210 Å². The number of carbonyl (C=O) groups is 3. The van der Waals surface area contributed by atoms with E-state index < -0.39 is 29.9 Å². The van der Waals surface area contributed by atoms with Crippen LogP contribution in [0.2, 0.25) is 0 Å². The maximum atomic E-state index is 14.3. The lowest BCUT2D eigenvalue weighted by Gasteiger charge is -2.23. The number of nitrogens with zero attached hydrogens (tertiary/aromatic N) is 6. The molecule has 4 aromatic rings. The second-order valence-electron chi connectivity index (χ2n) is 8.70. The first-order valence-electron chi connectivity index (χ1n) is 11.6. The number of hydrogen-bond donors (Lipinski definition) is 2. The first-order chi connectivity index (χ1) is 17.9. The fourth-order valence-electron chi connectivity index (χ4n) is 4.46. The summed E-state index contributed by atoms with van der Waals surface area (Å²) in [5.41, 5.74) is 8.44. The molecule has 3 aromatic heterocycles. The van der Waals surface area contributed by atoms with Crippen LogP contribution in [0.3, 0.4) is 0 Å². The molecule has 0 saturated carbocycles. The van der Waals surface area contributed by atoms with E-state index in [0.29, 0.717) is 10.9 Å². The van der Waals surface area contributed by atoms with E-state index in [4.69, 9.17) is 5.73 Å². The van der Waals surface area contributed by atoms with Gasteiger partial charge in [-0.3, -0.25) is 24.0 Å². The Morgan fingerprint density at radius 2 is 1.86 bits per heavy atom. The van der Waals surface area contributed by atoms with Gasteiger partial charge >= 0.3 is 0 Å². The number of nitrogens with two attached hydrogens (primary N) is 1. The number of likely N-dealkylation sites (tertiary alicyclic amines) is 1. The molecule has 1 aliphatic heterocycles. The molecule has 12 heteroatoms. The van der Waals surface area contributed by atoms with Gasteiger partial charge in [0.2, 0.25) is 11.8 Å². The molecule has 37 heavy (non-hydrogen) atoms. The van der Waals surface area contributed by atoms with Crippen LogP contribution in [0.4, 0.5) is 4.39 Å². The van der Waals surface area contributed by atoms with Crippen molar-refractivity contribution < 1.29 is 18.8 Å². The van der Waals surface area contributed by atoms with Crippen LogP contribution in [0.15, 0.2) is 61.2 Å². The first kappa shape index (κ1) is 24.0. The summed E-state index contributed by atoms with van der Waals surface area (Å²) in [6.07, 6.45) is 4.93. The van der Waals surface area contributed by atoms with E-state index in [2.05, 4.69) is 25.6 Å². The van der Waals surface area contributed by atoms with Gasteiger partial charge in [0.25, 0.3) is 5.91 Å². The Morgan fingerprint density at radius 1 is 1.05 bits per heavy atom. The average molecular weight is 503 g/mol. The van der Waals surface area contributed by atoms with Gasteiger partial charge in [-0.25, -0.2) is 4.39 Å². The molecular formula is C25H23FN8O3. The predicted molar refractivity (Wildman–Crippen MR) is 130 cm³/mol. The summed E-state index contributed by atoms with van der Waals surface area (Å²) < 4.78 is 15.7. The zero-order chi connectivity index (χ0) is 25.9. The number of rotatable bonds is 7. The Balaban J connectivity index is 1.37. The highest BCUT2D eigenvalue weighted by molar-refractivity contribution is 6.05. The molecule has 1 fully saturated rings. The molecule has 0 bridgehead atoms. The van der Waals surface area contributed by atoms with E-state index in [1.807, 2.05) is 0 Å². The number of pyridine rings is 1. The Kier molecular flexibility index (Phi) is 6.54. The van der Waals surface area contributed by atoms with Crippen molar-refractivity contribution >= 4 is 28.6 Å². The number of benzene rings is 1. The van der Waals surface area contributed by atoms with Gasteiger partial charge in [0.05, 0.1) is 24.5 Å². The van der Waals surface area contributed by atoms with Crippen molar-refractivity contribution in [1.29, 1.82) is 0 Å². The molecule has 0 aliphatic carbocycles. The summed E-state index contributed by atoms with van der Waals surface area (Å²) in [5.74, 6) is -1.68. The molecule has 2 atom stereocenters. The normalized spacial score (nSPS) is 17.2. The smallest absolute Gasteiger partial charge is 0.269 e. The number of nitrogens with one attached hydrogen (secondary N) is 1. The van der Waals surface area contributed by atoms with E-state index in [-0.39, 0.29) is 31.7 Å². The maximum absolute atomic E-state index is 14.3. The van der Waals surface area contributed by atoms with Gasteiger partial charge < -0.3 is 16.0 Å². The molecule has 0 radical (unpaired) electrons. The van der Waals surface area contributed by atoms with Crippen molar-refractivity contribution in [1.82, 2.24) is 35.2 Å². The van der Waals surface area contributed by atoms with E-state index >= 15 is 0 Å². The molecule has 2 unspecified atom stereocenters. The third kappa shape index (κ3) is 4.99. The molecule has 3 N–H and O–H groups in total. The minimum absolute atomic E-state index is 0.00287. The van der Waals surface area contributed by atoms with Crippen LogP contribution in [-0.4, -0.2) is 66.3 Å². The number of primary amides is 1. The number of halogens is 1. The zero-order valence-corrected chi connectivity index (χ0v) is 19.6. The average Bonchev–Trinajstić information content (AvgIpc) is 3.49. The van der Waals surface area contributed by atoms with Crippen LogP contribution in [0.5, 0.6) is 0 Å². The van der Waals surface area contributed by atoms with Crippen molar-refractivity contribution in [3.8, 4) is 11.1 Å². The summed E-state index contributed by atoms with van der Waals surface area (Å²) in [5, 5.41) is 15.1. The monoisotopic (exact) mass is 502 g/mol. The van der Waals surface area contributed by atoms with Crippen LogP contribution < -0.4 is 11.1 Å². The van der Waals surface area contributed by atoms with Crippen LogP contribution in [0, 0.1) is 0 Å². The van der Waals surface area contributed by atoms with Crippen molar-refractivity contribution in [2.45, 2.75) is 31.7 Å². The van der Waals surface area contributed by atoms with E-state index in [1.165, 1.54) is 9.58 Å². The van der Waals surface area contributed by atoms with E-state index in [9.17, 15) is 18.8 Å². The lowest BCUT2D eigenvalue weighted by atomic mass is 10.0. The predicted octanol–water partition coefficient (Wildman–Crippen LogP) is 1.24. The van der Waals surface area contributed by atoms with E-state index in [0.717, 1.165) is 16.7 Å². The largest absolute Gasteiger partial charge is 0.364 e. The number of hydrogen-bond acceptors (Lipinski definition) is 7. The molecule has 11 nitrogen and oxygen atoms in total. The molecule has 188 valence electrons. The number of alkyl halides is 1. The van der Waals surface area contributed by atoms with Crippen LogP contribution in [-0.2, 0) is 22.7 Å². The SMILES string of the molecule is NC(=O)c1nn(CC(=O)N2CC(F)CC2C(=O)NCc2ccncc2)c2ccc(-c3ccnnc3)cc12. The van der Waals surface area contributed by atoms with Gasteiger partial charge in [-0.2, -0.15) is 15.3 Å². The molecule has 3 amide bonds. The van der Waals surface area contributed by atoms with Crippen molar-refractivity contribution in [3.05, 3.63) is 72.4 Å². The maximum Gasteiger partial charge on any atom is 0.269 e. The fourth-order valence-corrected chi connectivity index (χ4v) is 4.46. The van der Waals surface area contributed by atoms with Gasteiger partial charge in [-0.05, 0) is 41.5 Å². The third-order valence-electron chi connectivity index (χ3n) is 6.28. The number of carbonyl (C=O) groups excluding carboxylic acids is 3. The highest BCUT2D eigenvalue weighted by Crippen LogP contribution is 2.27. The highest BCUT2D eigenvalue weighted by atomic mass is 19.1. The molecule has 1 aromatic carbocycles. The quantitative estimate of drug-likeness (QED) is 0.386. The molecular weight excluding hydrogens is 479 g/mol. The Hall–Kier alpha value is -4.74. The summed E-state index contributed by atoms with van der Waals surface area (Å²) >= 11 is 0. The van der Waals surface area contributed by atoms with Crippen LogP contribution in [0.1, 0.15) is 22.5 Å². The first-order valence-corrected chi connectivity index (χ1v) is 11.6.